The smallest absolute Gasteiger partial charge is 0.254 e. The number of aliphatic hydroxyl groups is 1. The van der Waals surface area contributed by atoms with Crippen LogP contribution in [0.2, 0.25) is 0 Å². The molecule has 12 nitrogen and oxygen atoms in total. The number of methoxy groups -OCH3 is 2. The Morgan fingerprint density at radius 1 is 1.11 bits per heavy atom. The number of ether oxygens (including phenoxy) is 2. The highest BCUT2D eigenvalue weighted by Crippen LogP contribution is 2.22. The van der Waals surface area contributed by atoms with Gasteiger partial charge in [0.1, 0.15) is 17.7 Å². The van der Waals surface area contributed by atoms with Gasteiger partial charge in [-0.3, -0.25) is 9.59 Å². The molecule has 0 saturated heterocycles. The topological polar surface area (TPSA) is 152 Å². The summed E-state index contributed by atoms with van der Waals surface area (Å²) in [6.07, 6.45) is 4.32. The van der Waals surface area contributed by atoms with Crippen molar-refractivity contribution in [2.24, 2.45) is 5.92 Å². The minimum absolute atomic E-state index is 0.0291. The average Bonchev–Trinajstić information content (AvgIpc) is 3.46. The van der Waals surface area contributed by atoms with Crippen molar-refractivity contribution < 1.29 is 37.0 Å². The quantitative estimate of drug-likeness (QED) is 0.208. The fraction of sp³-hybridized carbons (Fsp3) is 0.419. The van der Waals surface area contributed by atoms with Crippen LogP contribution >= 0.6 is 8.20 Å². The Morgan fingerprint density at radius 3 is 2.42 bits per heavy atom. The van der Waals surface area contributed by atoms with Crippen molar-refractivity contribution in [1.29, 1.82) is 0 Å². The van der Waals surface area contributed by atoms with Crippen LogP contribution in [0.3, 0.4) is 0 Å². The second-order valence-corrected chi connectivity index (χ2v) is 13.6. The van der Waals surface area contributed by atoms with Crippen LogP contribution in [0.1, 0.15) is 46.1 Å². The van der Waals surface area contributed by atoms with Crippen molar-refractivity contribution in [1.82, 2.24) is 19.5 Å². The lowest BCUT2D eigenvalue weighted by Crippen LogP contribution is -2.51. The monoisotopic (exact) mass is 660 g/mol. The predicted octanol–water partition coefficient (Wildman–Crippen LogP) is 3.29. The van der Waals surface area contributed by atoms with Gasteiger partial charge in [-0.1, -0.05) is 26.2 Å². The summed E-state index contributed by atoms with van der Waals surface area (Å²) in [7, 11) is 1.31. The molecule has 0 spiro atoms. The number of nitrogens with one attached hydrogen (secondary N) is 1. The molecular weight excluding hydrogens is 619 g/mol. The van der Waals surface area contributed by atoms with Gasteiger partial charge in [0.05, 0.1) is 37.3 Å². The zero-order valence-corrected chi connectivity index (χ0v) is 27.9. The Labute approximate surface area is 266 Å². The number of oxazole rings is 1. The number of rotatable bonds is 17. The molecule has 14 heteroatoms. The molecule has 1 heterocycles. The van der Waals surface area contributed by atoms with Gasteiger partial charge in [-0.05, 0) is 48.4 Å². The summed E-state index contributed by atoms with van der Waals surface area (Å²) in [5, 5.41) is 14.1. The number of amides is 2. The average molecular weight is 661 g/mol. The Bertz CT molecular complexity index is 1540. The maximum absolute atomic E-state index is 13.6. The lowest BCUT2D eigenvalue weighted by molar-refractivity contribution is 0.0772. The first kappa shape index (κ1) is 35.9. The van der Waals surface area contributed by atoms with E-state index in [2.05, 4.69) is 16.6 Å². The number of nitrogens with zero attached hydrogens (tertiary/aromatic N) is 3. The molecule has 0 radical (unpaired) electrons. The summed E-state index contributed by atoms with van der Waals surface area (Å²) in [5.41, 5.74) is 1.08. The van der Waals surface area contributed by atoms with Crippen molar-refractivity contribution >= 4 is 36.3 Å². The van der Waals surface area contributed by atoms with Crippen LogP contribution in [0.4, 0.5) is 0 Å². The molecule has 0 aliphatic rings. The molecule has 2 unspecified atom stereocenters. The molecule has 2 atom stereocenters. The third-order valence-electron chi connectivity index (χ3n) is 6.75. The van der Waals surface area contributed by atoms with E-state index < -0.39 is 28.1 Å². The Morgan fingerprint density at radius 2 is 1.80 bits per heavy atom. The highest BCUT2D eigenvalue weighted by molar-refractivity contribution is 7.89. The van der Waals surface area contributed by atoms with Gasteiger partial charge in [-0.2, -0.15) is 4.31 Å². The first-order valence-electron chi connectivity index (χ1n) is 14.2. The van der Waals surface area contributed by atoms with Crippen LogP contribution in [0.15, 0.2) is 64.1 Å². The first-order valence-corrected chi connectivity index (χ1v) is 16.9. The Kier molecular flexibility index (Phi) is 13.3. The van der Waals surface area contributed by atoms with Gasteiger partial charge < -0.3 is 29.2 Å². The molecule has 0 aliphatic carbocycles. The Balaban J connectivity index is 1.74. The summed E-state index contributed by atoms with van der Waals surface area (Å²) >= 11 is 0. The fourth-order valence-electron chi connectivity index (χ4n) is 4.49. The summed E-state index contributed by atoms with van der Waals surface area (Å²) in [6.45, 7) is 4.08. The van der Waals surface area contributed by atoms with Crippen LogP contribution in [-0.4, -0.2) is 98.5 Å². The highest BCUT2D eigenvalue weighted by atomic mass is 32.2. The van der Waals surface area contributed by atoms with Crippen molar-refractivity contribution in [2.75, 3.05) is 40.5 Å². The zero-order valence-electron chi connectivity index (χ0n) is 26.2. The normalized spacial score (nSPS) is 13.2. The first-order chi connectivity index (χ1) is 21.4. The summed E-state index contributed by atoms with van der Waals surface area (Å²) in [4.78, 5) is 32.2. The van der Waals surface area contributed by atoms with E-state index in [-0.39, 0.29) is 60.3 Å². The number of carbonyl (C=O) groups excluding carboxylic acids is 2. The molecule has 2 N–H and O–H groups in total. The van der Waals surface area contributed by atoms with Crippen molar-refractivity contribution in [3.8, 4) is 5.75 Å². The number of benzene rings is 2. The van der Waals surface area contributed by atoms with E-state index in [1.165, 1.54) is 40.8 Å². The second-order valence-electron chi connectivity index (χ2n) is 10.9. The lowest BCUT2D eigenvalue weighted by atomic mass is 10.1. The lowest BCUT2D eigenvalue weighted by Gasteiger charge is -2.30. The molecule has 45 heavy (non-hydrogen) atoms. The summed E-state index contributed by atoms with van der Waals surface area (Å²) < 4.78 is 43.9. The number of carbonyl (C=O) groups is 2. The summed E-state index contributed by atoms with van der Waals surface area (Å²) in [6, 6.07) is 11.4. The molecule has 3 rings (SSSR count). The number of hydrogen-bond acceptors (Lipinski definition) is 9. The van der Waals surface area contributed by atoms with Crippen LogP contribution in [0, 0.1) is 5.92 Å². The molecule has 244 valence electrons. The maximum atomic E-state index is 13.6. The van der Waals surface area contributed by atoms with Gasteiger partial charge in [-0.15, -0.1) is 8.20 Å². The zero-order chi connectivity index (χ0) is 33.1. The van der Waals surface area contributed by atoms with E-state index in [4.69, 9.17) is 13.9 Å². The standard InChI is InChI=1S/C31H41N4O8PS/c1-21(2)15-35(45(39,40)26-12-10-25(42-5)11-13-26)16-28(36)27(20-44-6)33-30(37)22-8-7-9-23(14-22)31(38)34(3)17-29-32-24(18-41-4)19-43-29/h7-14,19,21,27-28,36H,6,15-18,20H2,1-5H3,(H,33,37). The van der Waals surface area contributed by atoms with Crippen LogP contribution in [0.5, 0.6) is 5.75 Å². The van der Waals surface area contributed by atoms with E-state index in [0.29, 0.717) is 25.5 Å². The molecule has 0 saturated carbocycles. The largest absolute Gasteiger partial charge is 0.497 e. The van der Waals surface area contributed by atoms with Crippen LogP contribution < -0.4 is 10.1 Å². The number of aliphatic hydroxyl groups excluding tert-OH is 1. The van der Waals surface area contributed by atoms with Gasteiger partial charge in [-0.25, -0.2) is 13.4 Å². The molecule has 0 bridgehead atoms. The van der Waals surface area contributed by atoms with E-state index in [1.54, 1.807) is 44.5 Å². The number of hydrogen-bond donors (Lipinski definition) is 2. The Hall–Kier alpha value is -3.61. The molecular formula is C31H41N4O8PS. The third kappa shape index (κ3) is 9.94. The fourth-order valence-corrected chi connectivity index (χ4v) is 6.72. The highest BCUT2D eigenvalue weighted by Gasteiger charge is 2.31. The minimum atomic E-state index is -3.97. The molecule has 1 aromatic heterocycles. The molecule has 0 fully saturated rings. The molecule has 2 amide bonds. The van der Waals surface area contributed by atoms with E-state index in [0.717, 1.165) is 0 Å². The van der Waals surface area contributed by atoms with Crippen molar-refractivity contribution in [2.45, 2.75) is 44.0 Å². The minimum Gasteiger partial charge on any atom is -0.497 e. The van der Waals surface area contributed by atoms with Gasteiger partial charge in [0.15, 0.2) is 0 Å². The third-order valence-corrected chi connectivity index (χ3v) is 9.24. The van der Waals surface area contributed by atoms with Gasteiger partial charge in [0, 0.05) is 44.5 Å². The van der Waals surface area contributed by atoms with Crippen LogP contribution in [-0.2, 0) is 27.9 Å². The number of aromatic nitrogens is 1. The second kappa shape index (κ2) is 16.6. The van der Waals surface area contributed by atoms with Crippen LogP contribution in [0.25, 0.3) is 0 Å². The van der Waals surface area contributed by atoms with Crippen molar-refractivity contribution in [3.05, 3.63) is 77.5 Å². The number of sulfonamides is 1. The van der Waals surface area contributed by atoms with Gasteiger partial charge >= 0.3 is 0 Å². The van der Waals surface area contributed by atoms with Crippen molar-refractivity contribution in [3.63, 3.8) is 0 Å². The molecule has 2 aromatic carbocycles. The van der Waals surface area contributed by atoms with E-state index >= 15 is 0 Å². The van der Waals surface area contributed by atoms with Gasteiger partial charge in [0.2, 0.25) is 15.9 Å². The summed E-state index contributed by atoms with van der Waals surface area (Å²) in [5.74, 6) is -0.0393. The predicted molar refractivity (Wildman–Crippen MR) is 172 cm³/mol. The van der Waals surface area contributed by atoms with E-state index in [9.17, 15) is 23.1 Å². The maximum Gasteiger partial charge on any atom is 0.254 e. The van der Waals surface area contributed by atoms with Gasteiger partial charge in [0.25, 0.3) is 11.8 Å². The molecule has 0 aliphatic heterocycles. The molecule has 3 aromatic rings. The SMILES string of the molecule is C=PCC(NC(=O)c1cccc(C(=O)N(C)Cc2nc(COC)co2)c1)C(O)CN(CC(C)C)S(=O)(=O)c1ccc(OC)cc1. The van der Waals surface area contributed by atoms with E-state index in [1.807, 2.05) is 13.8 Å².